The van der Waals surface area contributed by atoms with Crippen LogP contribution in [0.25, 0.3) is 0 Å². The zero-order valence-corrected chi connectivity index (χ0v) is 9.05. The summed E-state index contributed by atoms with van der Waals surface area (Å²) in [6, 6.07) is 2.67. The van der Waals surface area contributed by atoms with Crippen molar-refractivity contribution in [2.75, 3.05) is 7.05 Å². The van der Waals surface area contributed by atoms with Crippen LogP contribution in [0.5, 0.6) is 0 Å². The second kappa shape index (κ2) is 3.91. The zero-order chi connectivity index (χ0) is 9.94. The predicted octanol–water partition coefficient (Wildman–Crippen LogP) is 2.26. The highest BCUT2D eigenvalue weighted by Crippen LogP contribution is 2.23. The first-order valence-electron chi connectivity index (χ1n) is 4.42. The van der Waals surface area contributed by atoms with E-state index in [9.17, 15) is 0 Å². The van der Waals surface area contributed by atoms with E-state index in [-0.39, 0.29) is 11.5 Å². The van der Waals surface area contributed by atoms with E-state index >= 15 is 0 Å². The highest BCUT2D eigenvalue weighted by Gasteiger charge is 2.26. The molecule has 0 aromatic rings. The molecule has 0 radical (unpaired) electrons. The molecular formula is C10H20N2. The third-order valence-corrected chi connectivity index (χ3v) is 2.66. The Bertz CT molecular complexity index is 173. The van der Waals surface area contributed by atoms with Crippen molar-refractivity contribution in [3.8, 4) is 6.07 Å². The Morgan fingerprint density at radius 3 is 1.92 bits per heavy atom. The smallest absolute Gasteiger partial charge is 0.0949 e. The summed E-state index contributed by atoms with van der Waals surface area (Å²) in [7, 11) is 2.00. The molecule has 0 spiro atoms. The van der Waals surface area contributed by atoms with E-state index in [1.807, 2.05) is 14.0 Å². The molecule has 0 fully saturated rings. The summed E-state index contributed by atoms with van der Waals surface area (Å²) in [6.07, 6.45) is 0. The van der Waals surface area contributed by atoms with Crippen molar-refractivity contribution in [3.63, 3.8) is 0 Å². The van der Waals surface area contributed by atoms with Crippen LogP contribution in [0.4, 0.5) is 0 Å². The van der Waals surface area contributed by atoms with Gasteiger partial charge in [-0.25, -0.2) is 0 Å². The molecule has 2 unspecified atom stereocenters. The van der Waals surface area contributed by atoms with Crippen LogP contribution in [0.15, 0.2) is 0 Å². The van der Waals surface area contributed by atoms with Crippen LogP contribution in [0, 0.1) is 16.7 Å². The number of nitrogens with zero attached hydrogens (tertiary/aromatic N) is 2. The first-order valence-corrected chi connectivity index (χ1v) is 4.42. The standard InChI is InChI=1S/C10H20N2/c1-8(7-11)12(6)9(2)10(3,4)5/h8-9H,1-6H3. The van der Waals surface area contributed by atoms with E-state index in [1.54, 1.807) is 0 Å². The van der Waals surface area contributed by atoms with Crippen molar-refractivity contribution >= 4 is 0 Å². The lowest BCUT2D eigenvalue weighted by molar-refractivity contribution is 0.125. The summed E-state index contributed by atoms with van der Waals surface area (Å²) in [5.41, 5.74) is 0.236. The minimum atomic E-state index is -0.000718. The molecule has 2 atom stereocenters. The molecule has 0 aliphatic carbocycles. The number of nitriles is 1. The lowest BCUT2D eigenvalue weighted by Gasteiger charge is -2.36. The van der Waals surface area contributed by atoms with Gasteiger partial charge in [0.1, 0.15) is 0 Å². The molecule has 0 heterocycles. The Morgan fingerprint density at radius 1 is 1.25 bits per heavy atom. The number of rotatable bonds is 2. The second-order valence-electron chi connectivity index (χ2n) is 4.51. The van der Waals surface area contributed by atoms with Crippen molar-refractivity contribution in [1.82, 2.24) is 4.90 Å². The Balaban J connectivity index is 4.31. The average molecular weight is 168 g/mol. The highest BCUT2D eigenvalue weighted by molar-refractivity contribution is 4.91. The summed E-state index contributed by atoms with van der Waals surface area (Å²) in [5, 5.41) is 8.73. The van der Waals surface area contributed by atoms with Gasteiger partial charge in [-0.15, -0.1) is 0 Å². The first-order chi connectivity index (χ1) is 5.30. The molecule has 12 heavy (non-hydrogen) atoms. The molecule has 0 aliphatic rings. The van der Waals surface area contributed by atoms with Crippen LogP contribution in [0.2, 0.25) is 0 Å². The Labute approximate surface area is 76.2 Å². The monoisotopic (exact) mass is 168 g/mol. The van der Waals surface area contributed by atoms with Gasteiger partial charge >= 0.3 is 0 Å². The van der Waals surface area contributed by atoms with Gasteiger partial charge in [0.05, 0.1) is 12.1 Å². The summed E-state index contributed by atoms with van der Waals surface area (Å²) in [6.45, 7) is 10.7. The molecule has 0 saturated heterocycles. The zero-order valence-electron chi connectivity index (χ0n) is 9.05. The predicted molar refractivity (Wildman–Crippen MR) is 51.8 cm³/mol. The van der Waals surface area contributed by atoms with E-state index in [0.717, 1.165) is 0 Å². The van der Waals surface area contributed by atoms with Gasteiger partial charge in [0, 0.05) is 6.04 Å². The van der Waals surface area contributed by atoms with Gasteiger partial charge in [0.15, 0.2) is 0 Å². The van der Waals surface area contributed by atoms with Crippen molar-refractivity contribution in [2.24, 2.45) is 5.41 Å². The first kappa shape index (κ1) is 11.4. The van der Waals surface area contributed by atoms with E-state index < -0.39 is 0 Å². The minimum absolute atomic E-state index is 0.000718. The van der Waals surface area contributed by atoms with Gasteiger partial charge in [0.25, 0.3) is 0 Å². The quantitative estimate of drug-likeness (QED) is 0.632. The van der Waals surface area contributed by atoms with Gasteiger partial charge in [-0.1, -0.05) is 20.8 Å². The van der Waals surface area contributed by atoms with E-state index in [4.69, 9.17) is 5.26 Å². The van der Waals surface area contributed by atoms with Gasteiger partial charge in [-0.3, -0.25) is 4.90 Å². The van der Waals surface area contributed by atoms with Crippen molar-refractivity contribution in [3.05, 3.63) is 0 Å². The SMILES string of the molecule is CC(C#N)N(C)C(C)C(C)(C)C. The third-order valence-electron chi connectivity index (χ3n) is 2.66. The molecule has 0 saturated carbocycles. The van der Waals surface area contributed by atoms with Gasteiger partial charge in [-0.05, 0) is 26.3 Å². The van der Waals surface area contributed by atoms with Crippen LogP contribution in [-0.4, -0.2) is 24.0 Å². The topological polar surface area (TPSA) is 27.0 Å². The largest absolute Gasteiger partial charge is 0.288 e. The maximum absolute atomic E-state index is 8.73. The van der Waals surface area contributed by atoms with Crippen LogP contribution in [-0.2, 0) is 0 Å². The third kappa shape index (κ3) is 2.83. The van der Waals surface area contributed by atoms with Crippen LogP contribution in [0.1, 0.15) is 34.6 Å². The second-order valence-corrected chi connectivity index (χ2v) is 4.51. The van der Waals surface area contributed by atoms with Gasteiger partial charge in [0.2, 0.25) is 0 Å². The van der Waals surface area contributed by atoms with Crippen molar-refractivity contribution < 1.29 is 0 Å². The van der Waals surface area contributed by atoms with Crippen molar-refractivity contribution in [1.29, 1.82) is 5.26 Å². The minimum Gasteiger partial charge on any atom is -0.288 e. The molecule has 70 valence electrons. The summed E-state index contributed by atoms with van der Waals surface area (Å²) in [4.78, 5) is 2.11. The maximum Gasteiger partial charge on any atom is 0.0949 e. The van der Waals surface area contributed by atoms with E-state index in [2.05, 4.69) is 38.7 Å². The summed E-state index contributed by atoms with van der Waals surface area (Å²) in [5.74, 6) is 0. The van der Waals surface area contributed by atoms with Gasteiger partial charge in [-0.2, -0.15) is 5.26 Å². The molecule has 0 aromatic carbocycles. The summed E-state index contributed by atoms with van der Waals surface area (Å²) >= 11 is 0. The highest BCUT2D eigenvalue weighted by atomic mass is 15.2. The van der Waals surface area contributed by atoms with Crippen molar-refractivity contribution in [2.45, 2.75) is 46.7 Å². The van der Waals surface area contributed by atoms with Crippen LogP contribution < -0.4 is 0 Å². The normalized spacial score (nSPS) is 17.2. The Kier molecular flexibility index (Phi) is 3.73. The number of hydrogen-bond acceptors (Lipinski definition) is 2. The summed E-state index contributed by atoms with van der Waals surface area (Å²) < 4.78 is 0. The fourth-order valence-corrected chi connectivity index (χ4v) is 1.04. The lowest BCUT2D eigenvalue weighted by atomic mass is 9.86. The Hall–Kier alpha value is -0.550. The molecule has 2 heteroatoms. The molecule has 0 N–H and O–H groups in total. The average Bonchev–Trinajstić information content (AvgIpc) is 1.98. The maximum atomic E-state index is 8.73. The molecule has 0 bridgehead atoms. The lowest BCUT2D eigenvalue weighted by Crippen LogP contribution is -2.43. The van der Waals surface area contributed by atoms with Crippen LogP contribution in [0.3, 0.4) is 0 Å². The fourth-order valence-electron chi connectivity index (χ4n) is 1.04. The van der Waals surface area contributed by atoms with Gasteiger partial charge < -0.3 is 0 Å². The number of hydrogen-bond donors (Lipinski definition) is 0. The molecule has 0 aromatic heterocycles. The van der Waals surface area contributed by atoms with Crippen LogP contribution >= 0.6 is 0 Å². The molecule has 0 amide bonds. The molecular weight excluding hydrogens is 148 g/mol. The van der Waals surface area contributed by atoms with E-state index in [1.165, 1.54) is 0 Å². The van der Waals surface area contributed by atoms with E-state index in [0.29, 0.717) is 6.04 Å². The molecule has 2 nitrogen and oxygen atoms in total. The molecule has 0 rings (SSSR count). The fraction of sp³-hybridized carbons (Fsp3) is 0.900. The Morgan fingerprint density at radius 2 is 1.67 bits per heavy atom. The molecule has 0 aliphatic heterocycles.